The highest BCUT2D eigenvalue weighted by molar-refractivity contribution is 7.92. The first-order valence-electron chi connectivity index (χ1n) is 6.19. The van der Waals surface area contributed by atoms with Crippen molar-refractivity contribution in [1.29, 1.82) is 0 Å². The van der Waals surface area contributed by atoms with Gasteiger partial charge in [0.25, 0.3) is 10.0 Å². The molecule has 1 aromatic carbocycles. The summed E-state index contributed by atoms with van der Waals surface area (Å²) in [6.07, 6.45) is 1.41. The van der Waals surface area contributed by atoms with E-state index in [1.54, 1.807) is 25.1 Å². The molecular formula is C14H16N2O4S. The highest BCUT2D eigenvalue weighted by Crippen LogP contribution is 2.26. The number of sulfonamides is 1. The van der Waals surface area contributed by atoms with E-state index >= 15 is 0 Å². The number of aryl methyl sites for hydroxylation is 1. The van der Waals surface area contributed by atoms with Crippen LogP contribution in [0.25, 0.3) is 0 Å². The maximum atomic E-state index is 12.4. The van der Waals surface area contributed by atoms with Crippen molar-refractivity contribution in [3.05, 3.63) is 47.7 Å². The van der Waals surface area contributed by atoms with E-state index < -0.39 is 10.0 Å². The summed E-state index contributed by atoms with van der Waals surface area (Å²) < 4.78 is 32.3. The Labute approximate surface area is 123 Å². The largest absolute Gasteiger partial charge is 0.495 e. The number of ether oxygens (including phenoxy) is 1. The summed E-state index contributed by atoms with van der Waals surface area (Å²) >= 11 is 0. The first-order chi connectivity index (χ1) is 9.96. The fourth-order valence-electron chi connectivity index (χ4n) is 1.76. The Hall–Kier alpha value is -2.12. The van der Waals surface area contributed by atoms with Gasteiger partial charge in [0.2, 0.25) is 0 Å². The maximum absolute atomic E-state index is 12.4. The summed E-state index contributed by atoms with van der Waals surface area (Å²) in [5.74, 6) is 0.441. The molecule has 0 aliphatic rings. The van der Waals surface area contributed by atoms with Gasteiger partial charge in [-0.3, -0.25) is 4.72 Å². The van der Waals surface area contributed by atoms with E-state index in [2.05, 4.69) is 9.71 Å². The molecule has 0 saturated carbocycles. The lowest BCUT2D eigenvalue weighted by Crippen LogP contribution is -2.15. The Bertz CT molecular complexity index is 727. The molecule has 1 heterocycles. The lowest BCUT2D eigenvalue weighted by atomic mass is 10.2. The van der Waals surface area contributed by atoms with Crippen LogP contribution in [-0.2, 0) is 16.6 Å². The van der Waals surface area contributed by atoms with Crippen LogP contribution in [0.1, 0.15) is 11.1 Å². The number of nitrogens with zero attached hydrogens (tertiary/aromatic N) is 1. The fraction of sp³-hybridized carbons (Fsp3) is 0.214. The lowest BCUT2D eigenvalue weighted by Gasteiger charge is -2.12. The van der Waals surface area contributed by atoms with Crippen molar-refractivity contribution in [3.8, 4) is 5.75 Å². The lowest BCUT2D eigenvalue weighted by molar-refractivity contribution is 0.281. The first-order valence-corrected chi connectivity index (χ1v) is 7.68. The zero-order chi connectivity index (χ0) is 15.5. The third-order valence-corrected chi connectivity index (χ3v) is 4.23. The van der Waals surface area contributed by atoms with Crippen LogP contribution in [-0.4, -0.2) is 25.6 Å². The third-order valence-electron chi connectivity index (χ3n) is 2.85. The number of benzene rings is 1. The second-order valence-electron chi connectivity index (χ2n) is 4.47. The molecule has 0 aliphatic carbocycles. The topological polar surface area (TPSA) is 88.5 Å². The zero-order valence-corrected chi connectivity index (χ0v) is 12.5. The molecule has 0 aliphatic heterocycles. The number of hydrogen-bond donors (Lipinski definition) is 2. The van der Waals surface area contributed by atoms with Crippen molar-refractivity contribution in [2.45, 2.75) is 18.4 Å². The van der Waals surface area contributed by atoms with Crippen LogP contribution in [0.3, 0.4) is 0 Å². The predicted octanol–water partition coefficient (Wildman–Crippen LogP) is 1.69. The SMILES string of the molecule is COc1ccc(C)cc1S(=O)(=O)Nc1ccc(CO)cn1. The first kappa shape index (κ1) is 15.3. The summed E-state index contributed by atoms with van der Waals surface area (Å²) in [5.41, 5.74) is 1.41. The molecule has 0 saturated heterocycles. The molecule has 2 rings (SSSR count). The van der Waals surface area contributed by atoms with Crippen LogP contribution in [0.5, 0.6) is 5.75 Å². The second-order valence-corrected chi connectivity index (χ2v) is 6.12. The van der Waals surface area contributed by atoms with Crippen molar-refractivity contribution in [1.82, 2.24) is 4.98 Å². The quantitative estimate of drug-likeness (QED) is 0.877. The van der Waals surface area contributed by atoms with E-state index in [-0.39, 0.29) is 23.1 Å². The van der Waals surface area contributed by atoms with Crippen LogP contribution in [0, 0.1) is 6.92 Å². The van der Waals surface area contributed by atoms with Gasteiger partial charge in [-0.15, -0.1) is 0 Å². The molecule has 0 amide bonds. The molecule has 0 atom stereocenters. The maximum Gasteiger partial charge on any atom is 0.266 e. The van der Waals surface area contributed by atoms with Crippen molar-refractivity contribution in [3.63, 3.8) is 0 Å². The highest BCUT2D eigenvalue weighted by Gasteiger charge is 2.20. The standard InChI is InChI=1S/C14H16N2O4S/c1-10-3-5-12(20-2)13(7-10)21(18,19)16-14-6-4-11(9-17)8-15-14/h3-8,17H,9H2,1-2H3,(H,15,16). The second kappa shape index (κ2) is 6.11. The van der Waals surface area contributed by atoms with Crippen LogP contribution >= 0.6 is 0 Å². The van der Waals surface area contributed by atoms with Gasteiger partial charge in [-0.1, -0.05) is 12.1 Å². The van der Waals surface area contributed by atoms with E-state index in [1.165, 1.54) is 25.4 Å². The Kier molecular flexibility index (Phi) is 4.44. The van der Waals surface area contributed by atoms with Gasteiger partial charge in [0.05, 0.1) is 13.7 Å². The molecule has 2 aromatic rings. The van der Waals surface area contributed by atoms with Gasteiger partial charge in [-0.2, -0.15) is 0 Å². The van der Waals surface area contributed by atoms with Gasteiger partial charge in [0.1, 0.15) is 16.5 Å². The molecule has 2 N–H and O–H groups in total. The number of methoxy groups -OCH3 is 1. The Balaban J connectivity index is 2.35. The van der Waals surface area contributed by atoms with Crippen LogP contribution in [0.4, 0.5) is 5.82 Å². The van der Waals surface area contributed by atoms with Gasteiger partial charge in [-0.25, -0.2) is 13.4 Å². The highest BCUT2D eigenvalue weighted by atomic mass is 32.2. The van der Waals surface area contributed by atoms with Gasteiger partial charge in [0.15, 0.2) is 0 Å². The van der Waals surface area contributed by atoms with E-state index in [0.29, 0.717) is 5.56 Å². The summed E-state index contributed by atoms with van der Waals surface area (Å²) in [5, 5.41) is 8.94. The average molecular weight is 308 g/mol. The van der Waals surface area contributed by atoms with Crippen molar-refractivity contribution in [2.75, 3.05) is 11.8 Å². The normalized spacial score (nSPS) is 11.2. The van der Waals surface area contributed by atoms with Gasteiger partial charge in [0, 0.05) is 6.20 Å². The monoisotopic (exact) mass is 308 g/mol. The van der Waals surface area contributed by atoms with E-state index in [4.69, 9.17) is 9.84 Å². The van der Waals surface area contributed by atoms with Crippen LogP contribution < -0.4 is 9.46 Å². The molecule has 0 radical (unpaired) electrons. The molecule has 6 nitrogen and oxygen atoms in total. The molecule has 7 heteroatoms. The summed E-state index contributed by atoms with van der Waals surface area (Å²) in [6.45, 7) is 1.65. The number of nitrogens with one attached hydrogen (secondary N) is 1. The Morgan fingerprint density at radius 2 is 2.05 bits per heavy atom. The minimum Gasteiger partial charge on any atom is -0.495 e. The minimum absolute atomic E-state index is 0.0537. The summed E-state index contributed by atoms with van der Waals surface area (Å²) in [7, 11) is -2.38. The third kappa shape index (κ3) is 3.50. The number of hydrogen-bond acceptors (Lipinski definition) is 5. The molecule has 1 aromatic heterocycles. The van der Waals surface area contributed by atoms with Crippen LogP contribution in [0.2, 0.25) is 0 Å². The summed E-state index contributed by atoms with van der Waals surface area (Å²) in [4.78, 5) is 4.00. The zero-order valence-electron chi connectivity index (χ0n) is 11.7. The molecule has 0 fully saturated rings. The fourth-order valence-corrected chi connectivity index (χ4v) is 3.03. The number of rotatable bonds is 5. The molecule has 21 heavy (non-hydrogen) atoms. The van der Waals surface area contributed by atoms with E-state index in [9.17, 15) is 8.42 Å². The smallest absolute Gasteiger partial charge is 0.266 e. The van der Waals surface area contributed by atoms with Crippen molar-refractivity contribution >= 4 is 15.8 Å². The van der Waals surface area contributed by atoms with Gasteiger partial charge >= 0.3 is 0 Å². The van der Waals surface area contributed by atoms with Crippen LogP contribution in [0.15, 0.2) is 41.4 Å². The Morgan fingerprint density at radius 3 is 2.62 bits per heavy atom. The molecule has 0 bridgehead atoms. The van der Waals surface area contributed by atoms with E-state index in [1.807, 2.05) is 0 Å². The average Bonchev–Trinajstić information content (AvgIpc) is 2.47. The number of aliphatic hydroxyl groups is 1. The number of aromatic nitrogens is 1. The molecular weight excluding hydrogens is 292 g/mol. The molecule has 0 unspecified atom stereocenters. The predicted molar refractivity (Wildman–Crippen MR) is 78.7 cm³/mol. The van der Waals surface area contributed by atoms with Gasteiger partial charge < -0.3 is 9.84 Å². The number of aliphatic hydroxyl groups excluding tert-OH is 1. The van der Waals surface area contributed by atoms with E-state index in [0.717, 1.165) is 5.56 Å². The van der Waals surface area contributed by atoms with Crippen molar-refractivity contribution in [2.24, 2.45) is 0 Å². The van der Waals surface area contributed by atoms with Crippen molar-refractivity contribution < 1.29 is 18.3 Å². The molecule has 0 spiro atoms. The Morgan fingerprint density at radius 1 is 1.29 bits per heavy atom. The number of anilines is 1. The minimum atomic E-state index is -3.80. The summed E-state index contributed by atoms with van der Waals surface area (Å²) in [6, 6.07) is 7.99. The van der Waals surface area contributed by atoms with Gasteiger partial charge in [-0.05, 0) is 36.2 Å². The molecule has 112 valence electrons. The number of pyridine rings is 1.